The van der Waals surface area contributed by atoms with E-state index >= 15 is 0 Å². The van der Waals surface area contributed by atoms with Crippen LogP contribution in [0.1, 0.15) is 11.1 Å². The van der Waals surface area contributed by atoms with Gasteiger partial charge in [0.15, 0.2) is 23.2 Å². The van der Waals surface area contributed by atoms with Crippen molar-refractivity contribution in [2.24, 2.45) is 0 Å². The lowest BCUT2D eigenvalue weighted by Gasteiger charge is -2.18. The van der Waals surface area contributed by atoms with Gasteiger partial charge in [0.05, 0.1) is 63.3 Å². The van der Waals surface area contributed by atoms with Crippen molar-refractivity contribution in [2.75, 3.05) is 0 Å². The molecule has 0 radical (unpaired) electrons. The highest BCUT2D eigenvalue weighted by Gasteiger charge is 2.24. The molecule has 3 heterocycles. The van der Waals surface area contributed by atoms with Gasteiger partial charge in [-0.15, -0.1) is 0 Å². The van der Waals surface area contributed by atoms with E-state index in [0.717, 1.165) is 150 Å². The van der Waals surface area contributed by atoms with Crippen molar-refractivity contribution in [1.29, 1.82) is 10.5 Å². The summed E-state index contributed by atoms with van der Waals surface area (Å²) in [7, 11) is 0. The molecule has 0 N–H and O–H groups in total. The summed E-state index contributed by atoms with van der Waals surface area (Å²) in [5, 5.41) is 24.1. The Hall–Kier alpha value is -13.8. The van der Waals surface area contributed by atoms with Crippen LogP contribution < -0.4 is 0 Å². The quantitative estimate of drug-likeness (QED) is 0.113. The molecule has 0 aliphatic heterocycles. The topological polar surface area (TPSA) is 100 Å². The molecule has 0 aliphatic rings. The minimum Gasteiger partial charge on any atom is -0.309 e. The summed E-state index contributed by atoms with van der Waals surface area (Å²) in [5.41, 5.74) is 24.6. The van der Waals surface area contributed by atoms with Gasteiger partial charge in [0.2, 0.25) is 0 Å². The molecule has 0 bridgehead atoms. The molecule has 0 fully saturated rings. The Morgan fingerprint density at radius 3 is 0.847 bits per heavy atom. The summed E-state index contributed by atoms with van der Waals surface area (Å²) >= 11 is 0. The van der Waals surface area contributed by atoms with Crippen molar-refractivity contribution in [3.05, 3.63) is 350 Å². The highest BCUT2D eigenvalue weighted by Crippen LogP contribution is 2.44. The maximum atomic E-state index is 10.0. The van der Waals surface area contributed by atoms with Crippen LogP contribution in [0.2, 0.25) is 0 Å². The average Bonchev–Trinajstić information content (AvgIpc) is 1.57. The van der Waals surface area contributed by atoms with Crippen LogP contribution in [-0.2, 0) is 0 Å². The van der Waals surface area contributed by atoms with Crippen molar-refractivity contribution in [3.8, 4) is 136 Å². The first kappa shape index (κ1) is 58.0. The number of hydrogen-bond acceptors (Lipinski definition) is 5. The van der Waals surface area contributed by atoms with E-state index in [4.69, 9.17) is 21.5 Å². The van der Waals surface area contributed by atoms with Gasteiger partial charge < -0.3 is 9.13 Å². The van der Waals surface area contributed by atoms with Crippen molar-refractivity contribution >= 4 is 49.3 Å². The van der Waals surface area contributed by atoms with Gasteiger partial charge in [-0.3, -0.25) is 0 Å². The smallest absolute Gasteiger partial charge is 0.187 e. The predicted molar refractivity (Wildman–Crippen MR) is 399 cm³/mol. The summed E-state index contributed by atoms with van der Waals surface area (Å²) in [6.45, 7) is 7.89. The molecule has 454 valence electrons. The number of nitriles is 2. The van der Waals surface area contributed by atoms with Crippen molar-refractivity contribution in [3.63, 3.8) is 0 Å². The lowest BCUT2D eigenvalue weighted by Crippen LogP contribution is -2.03. The van der Waals surface area contributed by atoms with Gasteiger partial charge in [-0.1, -0.05) is 243 Å². The lowest BCUT2D eigenvalue weighted by atomic mass is 9.99. The zero-order valence-electron chi connectivity index (χ0n) is 52.8. The van der Waals surface area contributed by atoms with E-state index in [9.17, 15) is 10.5 Å². The average molecular weight is 1250 g/mol. The van der Waals surface area contributed by atoms with Gasteiger partial charge in [0.1, 0.15) is 0 Å². The molecule has 98 heavy (non-hydrogen) atoms. The van der Waals surface area contributed by atoms with Gasteiger partial charge in [0.25, 0.3) is 0 Å². The molecule has 0 aliphatic carbocycles. The fourth-order valence-electron chi connectivity index (χ4n) is 13.8. The zero-order valence-corrected chi connectivity index (χ0v) is 52.8. The molecule has 0 saturated carbocycles. The molecule has 17 aromatic rings. The highest BCUT2D eigenvalue weighted by atomic mass is 15.0. The molecule has 0 saturated heterocycles. The number of benzene rings is 14. The van der Waals surface area contributed by atoms with Crippen molar-refractivity contribution in [1.82, 2.24) is 24.1 Å². The molecule has 0 amide bonds. The third kappa shape index (κ3) is 10.6. The molecule has 17 rings (SSSR count). The van der Waals surface area contributed by atoms with E-state index in [1.165, 1.54) is 0 Å². The summed E-state index contributed by atoms with van der Waals surface area (Å²) in [6, 6.07) is 118. The second kappa shape index (κ2) is 24.6. The molecular formula is C90H54N8. The molecule has 0 spiro atoms. The van der Waals surface area contributed by atoms with Crippen LogP contribution in [0.15, 0.2) is 328 Å². The van der Waals surface area contributed by atoms with E-state index in [2.05, 4.69) is 245 Å². The fourth-order valence-corrected chi connectivity index (χ4v) is 13.8. The van der Waals surface area contributed by atoms with Crippen LogP contribution in [0.3, 0.4) is 0 Å². The Balaban J connectivity index is 0.904. The van der Waals surface area contributed by atoms with E-state index < -0.39 is 0 Å². The maximum Gasteiger partial charge on any atom is 0.187 e. The number of rotatable bonds is 12. The van der Waals surface area contributed by atoms with E-state index in [-0.39, 0.29) is 0 Å². The first-order valence-electron chi connectivity index (χ1n) is 32.4. The molecule has 0 unspecified atom stereocenters. The zero-order chi connectivity index (χ0) is 65.6. The molecule has 14 aromatic carbocycles. The predicted octanol–water partition coefficient (Wildman–Crippen LogP) is 23.0. The molecule has 0 atom stereocenters. The lowest BCUT2D eigenvalue weighted by molar-refractivity contribution is 1.07. The van der Waals surface area contributed by atoms with Crippen LogP contribution in [0.4, 0.5) is 5.69 Å². The number of nitrogens with zero attached hydrogens (tertiary/aromatic N) is 8. The first-order valence-corrected chi connectivity index (χ1v) is 32.4. The third-order valence-electron chi connectivity index (χ3n) is 18.7. The third-order valence-corrected chi connectivity index (χ3v) is 18.7. The summed E-state index contributed by atoms with van der Waals surface area (Å²) < 4.78 is 4.73. The van der Waals surface area contributed by atoms with Gasteiger partial charge in [-0.2, -0.15) is 10.5 Å². The Labute approximate surface area is 566 Å². The Bertz CT molecular complexity index is 5560. The van der Waals surface area contributed by atoms with E-state index in [1.54, 1.807) is 0 Å². The minimum absolute atomic E-state index is 0.464. The summed E-state index contributed by atoms with van der Waals surface area (Å²) in [5.74, 6) is 1.41. The van der Waals surface area contributed by atoms with E-state index in [0.29, 0.717) is 34.3 Å². The van der Waals surface area contributed by atoms with Gasteiger partial charge in [-0.25, -0.2) is 19.8 Å². The Morgan fingerprint density at radius 2 is 0.520 bits per heavy atom. The van der Waals surface area contributed by atoms with Gasteiger partial charge in [-0.05, 0) is 152 Å². The molecule has 8 heteroatoms. The SMILES string of the molecule is [C-]#[N+]c1ccc(-c2ccc(-c3nc(-c4ccc(-c5ccc(C#N)cc5)cc4)nc(-c4ccc(-c5ccc(C#N)cc5)c(-n5c6ccc(-c7ccccc7)cc6c6cc(-c7ccccc7)ccc65)c4)n3)cc2-n2c3ccc(-c4ccccc4)cc3c3cc(-c4ccccc4)ccc32)cc1. The standard InChI is InChI=1S/C90H54N8/c1-93-75-42-34-67(35-43-75)77-45-37-74(55-87(77)98-84-48-40-71(62-18-10-4-11-19-62)52-80(84)81-53-72(41-49-85(81)98)63-20-12-5-13-21-63)90-95-88(68-32-30-65(31-33-68)64-26-22-58(56-91)23-27-64)94-89(96-90)73-36-44-76(66-28-24-59(57-92)25-29-66)86(54-73)97-82-46-38-69(60-14-6-2-7-15-60)50-78(82)79-51-70(39-47-83(79)97)61-16-8-3-9-17-61/h2-55H. The molecule has 3 aromatic heterocycles. The first-order chi connectivity index (χ1) is 48.4. The Morgan fingerprint density at radius 1 is 0.255 bits per heavy atom. The van der Waals surface area contributed by atoms with Crippen LogP contribution in [-0.4, -0.2) is 24.1 Å². The van der Waals surface area contributed by atoms with Gasteiger partial charge in [0, 0.05) is 49.4 Å². The second-order valence-corrected chi connectivity index (χ2v) is 24.4. The fraction of sp³-hybridized carbons (Fsp3) is 0. The number of fused-ring (bicyclic) bond motifs is 6. The van der Waals surface area contributed by atoms with Crippen LogP contribution in [0.25, 0.3) is 172 Å². The summed E-state index contributed by atoms with van der Waals surface area (Å²) in [4.78, 5) is 20.3. The Kier molecular flexibility index (Phi) is 14.5. The normalized spacial score (nSPS) is 11.2. The monoisotopic (exact) mass is 1250 g/mol. The van der Waals surface area contributed by atoms with Crippen LogP contribution >= 0.6 is 0 Å². The largest absolute Gasteiger partial charge is 0.309 e. The van der Waals surface area contributed by atoms with Crippen molar-refractivity contribution < 1.29 is 0 Å². The number of aromatic nitrogens is 5. The van der Waals surface area contributed by atoms with E-state index in [1.807, 2.05) is 109 Å². The second-order valence-electron chi connectivity index (χ2n) is 24.4. The highest BCUT2D eigenvalue weighted by molar-refractivity contribution is 6.14. The summed E-state index contributed by atoms with van der Waals surface area (Å²) in [6.07, 6.45) is 0. The van der Waals surface area contributed by atoms with Crippen LogP contribution in [0.5, 0.6) is 0 Å². The van der Waals surface area contributed by atoms with Crippen molar-refractivity contribution in [2.45, 2.75) is 0 Å². The van der Waals surface area contributed by atoms with Crippen LogP contribution in [0, 0.1) is 29.2 Å². The minimum atomic E-state index is 0.464. The maximum absolute atomic E-state index is 10.0. The molecular weight excluding hydrogens is 1190 g/mol. The van der Waals surface area contributed by atoms with Gasteiger partial charge >= 0.3 is 0 Å². The number of hydrogen-bond donors (Lipinski definition) is 0. The molecule has 8 nitrogen and oxygen atoms in total.